The third kappa shape index (κ3) is 2.78. The lowest BCUT2D eigenvalue weighted by atomic mass is 10.0. The number of anilines is 1. The highest BCUT2D eigenvalue weighted by Crippen LogP contribution is 2.22. The molecule has 2 aromatic heterocycles. The van der Waals surface area contributed by atoms with Crippen LogP contribution in [-0.2, 0) is 0 Å². The zero-order valence-corrected chi connectivity index (χ0v) is 12.9. The monoisotopic (exact) mass is 297 g/mol. The lowest BCUT2D eigenvalue weighted by Gasteiger charge is -2.08. The van der Waals surface area contributed by atoms with E-state index in [9.17, 15) is 4.79 Å². The fraction of sp³-hybridized carbons (Fsp3) is 0.188. The van der Waals surface area contributed by atoms with Crippen LogP contribution < -0.4 is 5.32 Å². The van der Waals surface area contributed by atoms with E-state index in [-0.39, 0.29) is 5.91 Å². The summed E-state index contributed by atoms with van der Waals surface area (Å²) in [5.41, 5.74) is 3.40. The van der Waals surface area contributed by atoms with E-state index >= 15 is 0 Å². The zero-order valence-electron chi connectivity index (χ0n) is 12.1. The number of hydrogen-bond donors (Lipinski definition) is 1. The van der Waals surface area contributed by atoms with Crippen molar-refractivity contribution >= 4 is 33.3 Å². The Morgan fingerprint density at radius 3 is 2.71 bits per heavy atom. The highest BCUT2D eigenvalue weighted by Gasteiger charge is 2.13. The third-order valence-corrected chi connectivity index (χ3v) is 4.01. The fourth-order valence-electron chi connectivity index (χ4n) is 2.24. The molecule has 0 saturated carbocycles. The van der Waals surface area contributed by atoms with Gasteiger partial charge in [-0.15, -0.1) is 11.3 Å². The molecular weight excluding hydrogens is 282 g/mol. The van der Waals surface area contributed by atoms with Crippen LogP contribution in [0, 0.1) is 20.8 Å². The topological polar surface area (TPSA) is 54.9 Å². The van der Waals surface area contributed by atoms with E-state index in [4.69, 9.17) is 0 Å². The summed E-state index contributed by atoms with van der Waals surface area (Å²) in [6, 6.07) is 7.75. The second-order valence-electron chi connectivity index (χ2n) is 5.06. The largest absolute Gasteiger partial charge is 0.298 e. The van der Waals surface area contributed by atoms with E-state index in [1.165, 1.54) is 11.3 Å². The molecule has 1 amide bonds. The van der Waals surface area contributed by atoms with Gasteiger partial charge in [0.05, 0.1) is 11.1 Å². The van der Waals surface area contributed by atoms with Crippen molar-refractivity contribution in [2.24, 2.45) is 0 Å². The first-order valence-electron chi connectivity index (χ1n) is 6.65. The van der Waals surface area contributed by atoms with Crippen LogP contribution in [0.4, 0.5) is 5.13 Å². The minimum Gasteiger partial charge on any atom is -0.298 e. The minimum atomic E-state index is -0.148. The van der Waals surface area contributed by atoms with Crippen LogP contribution in [0.3, 0.4) is 0 Å². The van der Waals surface area contributed by atoms with Crippen LogP contribution in [0.15, 0.2) is 30.5 Å². The predicted octanol–water partition coefficient (Wildman–Crippen LogP) is 3.87. The van der Waals surface area contributed by atoms with Crippen molar-refractivity contribution in [2.45, 2.75) is 20.8 Å². The molecule has 21 heavy (non-hydrogen) atoms. The van der Waals surface area contributed by atoms with Gasteiger partial charge in [-0.3, -0.25) is 15.1 Å². The molecule has 2 heterocycles. The summed E-state index contributed by atoms with van der Waals surface area (Å²) in [4.78, 5) is 22.2. The Bertz CT molecular complexity index is 839. The van der Waals surface area contributed by atoms with Gasteiger partial charge in [0, 0.05) is 22.2 Å². The molecule has 1 aromatic carbocycles. The van der Waals surface area contributed by atoms with Gasteiger partial charge in [-0.1, -0.05) is 11.6 Å². The number of carbonyl (C=O) groups excluding carboxylic acids is 1. The number of hydrogen-bond acceptors (Lipinski definition) is 4. The lowest BCUT2D eigenvalue weighted by Crippen LogP contribution is -2.13. The number of aryl methyl sites for hydroxylation is 3. The van der Waals surface area contributed by atoms with Gasteiger partial charge < -0.3 is 0 Å². The van der Waals surface area contributed by atoms with Gasteiger partial charge >= 0.3 is 0 Å². The molecule has 0 saturated heterocycles. The number of aromatic nitrogens is 2. The molecule has 106 valence electrons. The number of benzene rings is 1. The molecule has 0 bridgehead atoms. The van der Waals surface area contributed by atoms with Crippen molar-refractivity contribution < 1.29 is 4.79 Å². The predicted molar refractivity (Wildman–Crippen MR) is 86.0 cm³/mol. The summed E-state index contributed by atoms with van der Waals surface area (Å²) in [5, 5.41) is 4.34. The number of carbonyl (C=O) groups is 1. The summed E-state index contributed by atoms with van der Waals surface area (Å²) in [5.74, 6) is -0.148. The molecule has 0 aliphatic rings. The molecule has 0 aliphatic carbocycles. The molecule has 5 heteroatoms. The molecule has 0 aliphatic heterocycles. The van der Waals surface area contributed by atoms with Crippen molar-refractivity contribution in [3.63, 3.8) is 0 Å². The average molecular weight is 297 g/mol. The maximum Gasteiger partial charge on any atom is 0.258 e. The Hall–Kier alpha value is -2.27. The number of nitrogens with zero attached hydrogens (tertiary/aromatic N) is 2. The summed E-state index contributed by atoms with van der Waals surface area (Å²) in [6.07, 6.45) is 1.75. The summed E-state index contributed by atoms with van der Waals surface area (Å²) in [7, 11) is 0. The van der Waals surface area contributed by atoms with Crippen molar-refractivity contribution in [3.05, 3.63) is 52.2 Å². The maximum absolute atomic E-state index is 12.5. The Morgan fingerprint density at radius 1 is 1.19 bits per heavy atom. The second-order valence-corrected chi connectivity index (χ2v) is 6.30. The minimum absolute atomic E-state index is 0.148. The Kier molecular flexibility index (Phi) is 3.43. The highest BCUT2D eigenvalue weighted by atomic mass is 32.1. The SMILES string of the molecule is Cc1ccc2nc(C)cc(C(=O)Nc3ncc(C)s3)c2c1. The van der Waals surface area contributed by atoms with Gasteiger partial charge in [-0.2, -0.15) is 0 Å². The van der Waals surface area contributed by atoms with Gasteiger partial charge in [0.1, 0.15) is 0 Å². The molecule has 0 atom stereocenters. The van der Waals surface area contributed by atoms with Crippen molar-refractivity contribution in [1.29, 1.82) is 0 Å². The van der Waals surface area contributed by atoms with Crippen LogP contribution in [0.2, 0.25) is 0 Å². The van der Waals surface area contributed by atoms with Gasteiger partial charge in [0.25, 0.3) is 5.91 Å². The zero-order chi connectivity index (χ0) is 15.0. The average Bonchev–Trinajstić information content (AvgIpc) is 2.83. The van der Waals surface area contributed by atoms with Crippen molar-refractivity contribution in [1.82, 2.24) is 9.97 Å². The number of thiazole rings is 1. The fourth-order valence-corrected chi connectivity index (χ4v) is 2.90. The van der Waals surface area contributed by atoms with E-state index < -0.39 is 0 Å². The van der Waals surface area contributed by atoms with Gasteiger partial charge in [-0.05, 0) is 39.0 Å². The molecule has 0 spiro atoms. The number of pyridine rings is 1. The lowest BCUT2D eigenvalue weighted by molar-refractivity contribution is 0.102. The molecule has 3 rings (SSSR count). The molecule has 0 fully saturated rings. The first kappa shape index (κ1) is 13.7. The number of fused-ring (bicyclic) bond motifs is 1. The van der Waals surface area contributed by atoms with Crippen LogP contribution >= 0.6 is 11.3 Å². The smallest absolute Gasteiger partial charge is 0.258 e. The van der Waals surface area contributed by atoms with E-state index in [1.54, 1.807) is 6.20 Å². The molecule has 0 radical (unpaired) electrons. The second kappa shape index (κ2) is 5.26. The quantitative estimate of drug-likeness (QED) is 0.781. The van der Waals surface area contributed by atoms with E-state index in [0.717, 1.165) is 27.0 Å². The maximum atomic E-state index is 12.5. The molecule has 1 N–H and O–H groups in total. The third-order valence-electron chi connectivity index (χ3n) is 3.18. The Balaban J connectivity index is 2.06. The number of amides is 1. The first-order chi connectivity index (χ1) is 10.0. The normalized spacial score (nSPS) is 10.8. The highest BCUT2D eigenvalue weighted by molar-refractivity contribution is 7.15. The first-order valence-corrected chi connectivity index (χ1v) is 7.46. The van der Waals surface area contributed by atoms with Crippen molar-refractivity contribution in [3.8, 4) is 0 Å². The molecular formula is C16H15N3OS. The summed E-state index contributed by atoms with van der Waals surface area (Å²) in [6.45, 7) is 5.86. The Labute approximate surface area is 126 Å². The summed E-state index contributed by atoms with van der Waals surface area (Å²) < 4.78 is 0. The molecule has 0 unspecified atom stereocenters. The van der Waals surface area contributed by atoms with Crippen LogP contribution in [0.1, 0.15) is 26.5 Å². The Morgan fingerprint density at radius 2 is 2.00 bits per heavy atom. The molecule has 4 nitrogen and oxygen atoms in total. The number of rotatable bonds is 2. The van der Waals surface area contributed by atoms with E-state index in [1.807, 2.05) is 45.0 Å². The van der Waals surface area contributed by atoms with Crippen LogP contribution in [0.5, 0.6) is 0 Å². The van der Waals surface area contributed by atoms with E-state index in [2.05, 4.69) is 15.3 Å². The van der Waals surface area contributed by atoms with E-state index in [0.29, 0.717) is 10.7 Å². The standard InChI is InChI=1S/C16H15N3OS/c1-9-4-5-14-12(6-9)13(7-10(2)18-14)15(20)19-16-17-8-11(3)21-16/h4-8H,1-3H3,(H,17,19,20). The van der Waals surface area contributed by atoms with Gasteiger partial charge in [-0.25, -0.2) is 4.98 Å². The summed E-state index contributed by atoms with van der Waals surface area (Å²) >= 11 is 1.46. The van der Waals surface area contributed by atoms with Crippen molar-refractivity contribution in [2.75, 3.05) is 5.32 Å². The van der Waals surface area contributed by atoms with Crippen LogP contribution in [0.25, 0.3) is 10.9 Å². The van der Waals surface area contributed by atoms with Gasteiger partial charge in [0.2, 0.25) is 0 Å². The number of nitrogens with one attached hydrogen (secondary N) is 1. The molecule has 3 aromatic rings. The van der Waals surface area contributed by atoms with Gasteiger partial charge in [0.15, 0.2) is 5.13 Å². The van der Waals surface area contributed by atoms with Crippen LogP contribution in [-0.4, -0.2) is 15.9 Å².